The molecular formula is C69H46N4OSi. The maximum absolute atomic E-state index is 6.32. The molecule has 352 valence electrons. The Labute approximate surface area is 435 Å². The molecule has 0 atom stereocenters. The van der Waals surface area contributed by atoms with E-state index in [4.69, 9.17) is 19.4 Å². The van der Waals surface area contributed by atoms with E-state index in [0.29, 0.717) is 17.6 Å². The van der Waals surface area contributed by atoms with E-state index in [0.717, 1.165) is 66.0 Å². The minimum atomic E-state index is -3.18. The second-order valence-corrected chi connectivity index (χ2v) is 22.9. The SMILES string of the molecule is c1ccc(-c2cccc([Si](c3ccccc3)(c3cccc(-c4ccccc4)c3)c3cccc(-c4nc(-c5ccc6oc7ccccc7c6c5)nc(-n5c6ccccc6c6cc(-c7ccccc7)ccc65)n4)c3)c2)cc1. The van der Waals surface area contributed by atoms with Gasteiger partial charge in [-0.05, 0) is 96.6 Å². The van der Waals surface area contributed by atoms with Crippen molar-refractivity contribution in [2.75, 3.05) is 0 Å². The van der Waals surface area contributed by atoms with Crippen molar-refractivity contribution in [1.82, 2.24) is 19.5 Å². The highest BCUT2D eigenvalue weighted by Gasteiger charge is 2.42. The van der Waals surface area contributed by atoms with Gasteiger partial charge in [-0.3, -0.25) is 4.57 Å². The van der Waals surface area contributed by atoms with Crippen LogP contribution in [0.3, 0.4) is 0 Å². The van der Waals surface area contributed by atoms with Gasteiger partial charge in [0.25, 0.3) is 0 Å². The summed E-state index contributed by atoms with van der Waals surface area (Å²) in [6.07, 6.45) is 0. The van der Waals surface area contributed by atoms with Crippen LogP contribution in [0, 0.1) is 0 Å². The van der Waals surface area contributed by atoms with Gasteiger partial charge in [-0.2, -0.15) is 9.97 Å². The number of benzene rings is 11. The standard InChI is InChI=1S/C69H46N4OSi/c1-5-20-47(21-6-1)50-26-17-31-56(42-50)75(55-29-11-4-12-30-55,57-32-18-27-51(43-57)48-22-7-2-8-23-48)58-33-19-28-53(44-58)67-70-68(54-39-41-66-62(46-54)60-35-14-16-37-65(60)74-66)72-69(71-67)73-63-36-15-13-34-59(63)61-45-52(38-40-64(61)73)49-24-9-3-10-25-49/h1-46H. The predicted molar refractivity (Wildman–Crippen MR) is 312 cm³/mol. The molecule has 0 bridgehead atoms. The molecule has 0 aliphatic heterocycles. The largest absolute Gasteiger partial charge is 0.456 e. The number of aromatic nitrogens is 4. The Kier molecular flexibility index (Phi) is 10.8. The third-order valence-corrected chi connectivity index (χ3v) is 19.5. The van der Waals surface area contributed by atoms with Crippen LogP contribution in [-0.2, 0) is 0 Å². The highest BCUT2D eigenvalue weighted by Crippen LogP contribution is 2.37. The topological polar surface area (TPSA) is 56.7 Å². The number of nitrogens with zero attached hydrogens (tertiary/aromatic N) is 4. The van der Waals surface area contributed by atoms with Gasteiger partial charge in [0.1, 0.15) is 11.2 Å². The molecule has 75 heavy (non-hydrogen) atoms. The number of hydrogen-bond acceptors (Lipinski definition) is 4. The summed E-state index contributed by atoms with van der Waals surface area (Å²) in [4.78, 5) is 16.4. The lowest BCUT2D eigenvalue weighted by molar-refractivity contribution is 0.669. The van der Waals surface area contributed by atoms with Crippen molar-refractivity contribution in [3.05, 3.63) is 279 Å². The molecule has 3 aromatic heterocycles. The van der Waals surface area contributed by atoms with Crippen LogP contribution in [0.4, 0.5) is 0 Å². The van der Waals surface area contributed by atoms with E-state index in [2.05, 4.69) is 265 Å². The minimum absolute atomic E-state index is 0.536. The molecule has 0 saturated carbocycles. The first-order valence-corrected chi connectivity index (χ1v) is 27.4. The van der Waals surface area contributed by atoms with Gasteiger partial charge in [-0.25, -0.2) is 4.98 Å². The maximum atomic E-state index is 6.32. The smallest absolute Gasteiger partial charge is 0.238 e. The average Bonchev–Trinajstić information content (AvgIpc) is 4.05. The molecule has 0 spiro atoms. The molecule has 0 amide bonds. The van der Waals surface area contributed by atoms with Crippen molar-refractivity contribution in [1.29, 1.82) is 0 Å². The van der Waals surface area contributed by atoms with Crippen LogP contribution in [0.2, 0.25) is 0 Å². The maximum Gasteiger partial charge on any atom is 0.238 e. The molecule has 0 radical (unpaired) electrons. The Bertz CT molecular complexity index is 4330. The van der Waals surface area contributed by atoms with Crippen molar-refractivity contribution in [2.24, 2.45) is 0 Å². The molecule has 11 aromatic carbocycles. The van der Waals surface area contributed by atoms with Gasteiger partial charge in [-0.1, -0.05) is 237 Å². The molecule has 14 aromatic rings. The first-order chi connectivity index (χ1) is 37.2. The van der Waals surface area contributed by atoms with E-state index in [1.165, 1.54) is 43.0 Å². The number of hydrogen-bond donors (Lipinski definition) is 0. The number of fused-ring (bicyclic) bond motifs is 6. The van der Waals surface area contributed by atoms with Crippen molar-refractivity contribution in [2.45, 2.75) is 0 Å². The fourth-order valence-corrected chi connectivity index (χ4v) is 16.1. The first kappa shape index (κ1) is 44.0. The summed E-state index contributed by atoms with van der Waals surface area (Å²) in [5.41, 5.74) is 12.4. The Morgan fingerprint density at radius 2 is 0.680 bits per heavy atom. The highest BCUT2D eigenvalue weighted by molar-refractivity contribution is 7.20. The van der Waals surface area contributed by atoms with E-state index in [-0.39, 0.29) is 0 Å². The van der Waals surface area contributed by atoms with Gasteiger partial charge in [-0.15, -0.1) is 0 Å². The molecule has 6 heteroatoms. The monoisotopic (exact) mass is 974 g/mol. The lowest BCUT2D eigenvalue weighted by atomic mass is 10.0. The Morgan fingerprint density at radius 3 is 1.29 bits per heavy atom. The molecule has 0 unspecified atom stereocenters. The summed E-state index contributed by atoms with van der Waals surface area (Å²) < 4.78 is 8.53. The number of furan rings is 1. The number of rotatable bonds is 10. The fourth-order valence-electron chi connectivity index (χ4n) is 11.3. The second-order valence-electron chi connectivity index (χ2n) is 19.1. The zero-order valence-electron chi connectivity index (χ0n) is 40.8. The second kappa shape index (κ2) is 18.4. The highest BCUT2D eigenvalue weighted by atomic mass is 28.3. The Hall–Kier alpha value is -9.75. The summed E-state index contributed by atoms with van der Waals surface area (Å²) in [5.74, 6) is 1.68. The third kappa shape index (κ3) is 7.66. The van der Waals surface area contributed by atoms with Crippen LogP contribution in [-0.4, -0.2) is 27.6 Å². The molecule has 14 rings (SSSR count). The lowest BCUT2D eigenvalue weighted by Crippen LogP contribution is -2.74. The van der Waals surface area contributed by atoms with E-state index < -0.39 is 8.07 Å². The van der Waals surface area contributed by atoms with Crippen LogP contribution in [0.25, 0.3) is 106 Å². The Morgan fingerprint density at radius 1 is 0.267 bits per heavy atom. The van der Waals surface area contributed by atoms with Crippen molar-refractivity contribution in [3.8, 4) is 62.1 Å². The van der Waals surface area contributed by atoms with Crippen molar-refractivity contribution < 1.29 is 4.42 Å². The van der Waals surface area contributed by atoms with Crippen molar-refractivity contribution >= 4 is 72.6 Å². The van der Waals surface area contributed by atoms with Gasteiger partial charge in [0.15, 0.2) is 19.7 Å². The summed E-state index contributed by atoms with van der Waals surface area (Å²) >= 11 is 0. The summed E-state index contributed by atoms with van der Waals surface area (Å²) in [6.45, 7) is 0. The molecule has 0 aliphatic carbocycles. The molecule has 5 nitrogen and oxygen atoms in total. The quantitative estimate of drug-likeness (QED) is 0.101. The predicted octanol–water partition coefficient (Wildman–Crippen LogP) is 14.6. The van der Waals surface area contributed by atoms with Gasteiger partial charge in [0.2, 0.25) is 5.95 Å². The normalized spacial score (nSPS) is 11.7. The zero-order valence-corrected chi connectivity index (χ0v) is 41.8. The summed E-state index contributed by atoms with van der Waals surface area (Å²) in [5, 5.41) is 9.33. The Balaban J connectivity index is 1.03. The zero-order chi connectivity index (χ0) is 49.7. The lowest BCUT2D eigenvalue weighted by Gasteiger charge is -2.35. The molecular weight excluding hydrogens is 929 g/mol. The molecule has 3 heterocycles. The first-order valence-electron chi connectivity index (χ1n) is 25.4. The molecule has 0 saturated heterocycles. The minimum Gasteiger partial charge on any atom is -0.456 e. The molecule has 0 fully saturated rings. The fraction of sp³-hybridized carbons (Fsp3) is 0. The molecule has 0 N–H and O–H groups in total. The van der Waals surface area contributed by atoms with Crippen LogP contribution in [0.1, 0.15) is 0 Å². The molecule has 0 aliphatic rings. The summed E-state index contributed by atoms with van der Waals surface area (Å²) in [6, 6.07) is 100. The summed E-state index contributed by atoms with van der Waals surface area (Å²) in [7, 11) is -3.18. The van der Waals surface area contributed by atoms with Crippen molar-refractivity contribution in [3.63, 3.8) is 0 Å². The van der Waals surface area contributed by atoms with Crippen LogP contribution >= 0.6 is 0 Å². The van der Waals surface area contributed by atoms with E-state index >= 15 is 0 Å². The van der Waals surface area contributed by atoms with Crippen LogP contribution in [0.5, 0.6) is 0 Å². The van der Waals surface area contributed by atoms with Crippen LogP contribution < -0.4 is 20.7 Å². The van der Waals surface area contributed by atoms with E-state index in [9.17, 15) is 0 Å². The van der Waals surface area contributed by atoms with Gasteiger partial charge in [0.05, 0.1) is 11.0 Å². The van der Waals surface area contributed by atoms with Gasteiger partial charge >= 0.3 is 0 Å². The average molecular weight is 975 g/mol. The van der Waals surface area contributed by atoms with Gasteiger partial charge < -0.3 is 4.42 Å². The van der Waals surface area contributed by atoms with Gasteiger partial charge in [0, 0.05) is 32.7 Å². The van der Waals surface area contributed by atoms with E-state index in [1.54, 1.807) is 0 Å². The van der Waals surface area contributed by atoms with E-state index in [1.807, 2.05) is 18.2 Å². The number of para-hydroxylation sites is 2. The third-order valence-electron chi connectivity index (χ3n) is 14.8. The van der Waals surface area contributed by atoms with Crippen LogP contribution in [0.15, 0.2) is 283 Å².